The second-order valence-electron chi connectivity index (χ2n) is 3.67. The molecule has 90 valence electrons. The van der Waals surface area contributed by atoms with Crippen molar-refractivity contribution in [1.29, 1.82) is 5.26 Å². The monoisotopic (exact) mass is 321 g/mol. The van der Waals surface area contributed by atoms with E-state index < -0.39 is 0 Å². The van der Waals surface area contributed by atoms with E-state index in [1.165, 1.54) is 0 Å². The summed E-state index contributed by atoms with van der Waals surface area (Å²) in [7, 11) is 0. The largest absolute Gasteiger partial charge is 0.488 e. The number of nitriles is 1. The van der Waals surface area contributed by atoms with Gasteiger partial charge in [0, 0.05) is 5.02 Å². The lowest BCUT2D eigenvalue weighted by molar-refractivity contribution is 0.304. The third-order valence-corrected chi connectivity index (χ3v) is 3.23. The fourth-order valence-electron chi connectivity index (χ4n) is 1.43. The minimum Gasteiger partial charge on any atom is -0.488 e. The Bertz CT molecular complexity index is 590. The Hall–Kier alpha value is -1.50. The van der Waals surface area contributed by atoms with Gasteiger partial charge in [0.25, 0.3) is 0 Å². The molecule has 2 aromatic carbocycles. The molecule has 18 heavy (non-hydrogen) atoms. The number of benzene rings is 2. The van der Waals surface area contributed by atoms with Crippen molar-refractivity contribution >= 4 is 27.5 Å². The Labute approximate surface area is 119 Å². The van der Waals surface area contributed by atoms with Gasteiger partial charge >= 0.3 is 0 Å². The predicted octanol–water partition coefficient (Wildman–Crippen LogP) is 4.55. The van der Waals surface area contributed by atoms with Crippen molar-refractivity contribution in [3.63, 3.8) is 0 Å². The van der Waals surface area contributed by atoms with E-state index in [1.807, 2.05) is 18.2 Å². The Morgan fingerprint density at radius 2 is 1.89 bits per heavy atom. The van der Waals surface area contributed by atoms with Crippen molar-refractivity contribution < 1.29 is 4.74 Å². The van der Waals surface area contributed by atoms with Gasteiger partial charge in [-0.3, -0.25) is 0 Å². The van der Waals surface area contributed by atoms with E-state index in [0.717, 1.165) is 15.8 Å². The van der Waals surface area contributed by atoms with Gasteiger partial charge in [-0.05, 0) is 51.8 Å². The van der Waals surface area contributed by atoms with Crippen LogP contribution in [0.15, 0.2) is 46.9 Å². The zero-order chi connectivity index (χ0) is 13.0. The van der Waals surface area contributed by atoms with E-state index in [-0.39, 0.29) is 0 Å². The fourth-order valence-corrected chi connectivity index (χ4v) is 2.23. The van der Waals surface area contributed by atoms with E-state index >= 15 is 0 Å². The summed E-state index contributed by atoms with van der Waals surface area (Å²) in [6.07, 6.45) is 0. The van der Waals surface area contributed by atoms with Gasteiger partial charge in [0.05, 0.1) is 16.1 Å². The number of nitrogens with zero attached hydrogens (tertiary/aromatic N) is 1. The molecule has 2 nitrogen and oxygen atoms in total. The third kappa shape index (κ3) is 3.25. The van der Waals surface area contributed by atoms with E-state index in [4.69, 9.17) is 21.6 Å². The Morgan fingerprint density at radius 1 is 1.17 bits per heavy atom. The number of halogens is 2. The SMILES string of the molecule is N#Cc1ccc(COc2ccc(Cl)cc2Br)cc1. The van der Waals surface area contributed by atoms with E-state index in [0.29, 0.717) is 17.2 Å². The Morgan fingerprint density at radius 3 is 2.50 bits per heavy atom. The number of ether oxygens (including phenoxy) is 1. The van der Waals surface area contributed by atoms with Crippen LogP contribution in [0.3, 0.4) is 0 Å². The van der Waals surface area contributed by atoms with Crippen molar-refractivity contribution in [3.8, 4) is 11.8 Å². The Kier molecular flexibility index (Phi) is 4.24. The summed E-state index contributed by atoms with van der Waals surface area (Å²) in [4.78, 5) is 0. The first-order valence-corrected chi connectivity index (χ1v) is 6.43. The zero-order valence-electron chi connectivity index (χ0n) is 9.36. The molecule has 0 amide bonds. The molecule has 0 atom stereocenters. The van der Waals surface area contributed by atoms with Crippen LogP contribution in [0.25, 0.3) is 0 Å². The summed E-state index contributed by atoms with van der Waals surface area (Å²) in [6.45, 7) is 0.450. The first-order chi connectivity index (χ1) is 8.69. The van der Waals surface area contributed by atoms with Gasteiger partial charge in [0.15, 0.2) is 0 Å². The van der Waals surface area contributed by atoms with Crippen molar-refractivity contribution in [2.75, 3.05) is 0 Å². The van der Waals surface area contributed by atoms with Crippen molar-refractivity contribution in [3.05, 3.63) is 63.1 Å². The highest BCUT2D eigenvalue weighted by Gasteiger charge is 2.02. The summed E-state index contributed by atoms with van der Waals surface area (Å²) < 4.78 is 6.49. The average Bonchev–Trinajstić information content (AvgIpc) is 2.38. The molecule has 2 aromatic rings. The lowest BCUT2D eigenvalue weighted by Crippen LogP contribution is -1.96. The number of hydrogen-bond acceptors (Lipinski definition) is 2. The minimum atomic E-state index is 0.450. The van der Waals surface area contributed by atoms with Gasteiger partial charge in [0.2, 0.25) is 0 Å². The quantitative estimate of drug-likeness (QED) is 0.830. The van der Waals surface area contributed by atoms with Crippen LogP contribution in [0.1, 0.15) is 11.1 Å². The number of rotatable bonds is 3. The summed E-state index contributed by atoms with van der Waals surface area (Å²) in [6, 6.07) is 14.8. The molecule has 0 spiro atoms. The minimum absolute atomic E-state index is 0.450. The van der Waals surface area contributed by atoms with E-state index in [2.05, 4.69) is 22.0 Å². The predicted molar refractivity (Wildman–Crippen MR) is 74.6 cm³/mol. The van der Waals surface area contributed by atoms with Crippen LogP contribution in [0, 0.1) is 11.3 Å². The maximum atomic E-state index is 8.70. The Balaban J connectivity index is 2.04. The highest BCUT2D eigenvalue weighted by atomic mass is 79.9. The molecular weight excluding hydrogens is 314 g/mol. The summed E-state index contributed by atoms with van der Waals surface area (Å²) in [5.41, 5.74) is 1.65. The van der Waals surface area contributed by atoms with Gasteiger partial charge in [-0.2, -0.15) is 5.26 Å². The van der Waals surface area contributed by atoms with Crippen LogP contribution in [0.4, 0.5) is 0 Å². The molecule has 0 bridgehead atoms. The van der Waals surface area contributed by atoms with Crippen LogP contribution in [-0.2, 0) is 6.61 Å². The van der Waals surface area contributed by atoms with Crippen molar-refractivity contribution in [2.45, 2.75) is 6.61 Å². The summed E-state index contributed by atoms with van der Waals surface area (Å²) in [5.74, 6) is 0.740. The maximum Gasteiger partial charge on any atom is 0.134 e. The molecule has 0 aromatic heterocycles. The van der Waals surface area contributed by atoms with Gasteiger partial charge in [-0.15, -0.1) is 0 Å². The van der Waals surface area contributed by atoms with Crippen molar-refractivity contribution in [1.82, 2.24) is 0 Å². The molecule has 0 saturated carbocycles. The summed E-state index contributed by atoms with van der Waals surface area (Å²) >= 11 is 9.24. The van der Waals surface area contributed by atoms with Crippen molar-refractivity contribution in [2.24, 2.45) is 0 Å². The van der Waals surface area contributed by atoms with E-state index in [1.54, 1.807) is 24.3 Å². The number of hydrogen-bond donors (Lipinski definition) is 0. The fraction of sp³-hybridized carbons (Fsp3) is 0.0714. The topological polar surface area (TPSA) is 33.0 Å². The molecule has 0 N–H and O–H groups in total. The molecule has 0 aliphatic rings. The molecule has 0 radical (unpaired) electrons. The third-order valence-electron chi connectivity index (χ3n) is 2.37. The molecule has 0 fully saturated rings. The normalized spacial score (nSPS) is 9.83. The van der Waals surface area contributed by atoms with Gasteiger partial charge in [0.1, 0.15) is 12.4 Å². The zero-order valence-corrected chi connectivity index (χ0v) is 11.7. The van der Waals surface area contributed by atoms with Crippen LogP contribution in [0.5, 0.6) is 5.75 Å². The first kappa shape index (κ1) is 12.9. The van der Waals surface area contributed by atoms with Gasteiger partial charge in [-0.1, -0.05) is 23.7 Å². The molecule has 4 heteroatoms. The van der Waals surface area contributed by atoms with Crippen LogP contribution in [0.2, 0.25) is 5.02 Å². The molecule has 0 unspecified atom stereocenters. The second-order valence-corrected chi connectivity index (χ2v) is 4.96. The maximum absolute atomic E-state index is 8.70. The molecule has 0 heterocycles. The van der Waals surface area contributed by atoms with Crippen LogP contribution in [-0.4, -0.2) is 0 Å². The molecular formula is C14H9BrClNO. The standard InChI is InChI=1S/C14H9BrClNO/c15-13-7-12(16)5-6-14(13)18-9-11-3-1-10(8-17)2-4-11/h1-7H,9H2. The first-order valence-electron chi connectivity index (χ1n) is 5.26. The van der Waals surface area contributed by atoms with Crippen LogP contribution >= 0.6 is 27.5 Å². The molecule has 0 aliphatic heterocycles. The molecule has 0 saturated heterocycles. The second kappa shape index (κ2) is 5.90. The summed E-state index contributed by atoms with van der Waals surface area (Å²) in [5, 5.41) is 9.36. The lowest BCUT2D eigenvalue weighted by Gasteiger charge is -2.08. The van der Waals surface area contributed by atoms with Gasteiger partial charge in [-0.25, -0.2) is 0 Å². The molecule has 0 aliphatic carbocycles. The smallest absolute Gasteiger partial charge is 0.134 e. The van der Waals surface area contributed by atoms with Crippen LogP contribution < -0.4 is 4.74 Å². The van der Waals surface area contributed by atoms with E-state index in [9.17, 15) is 0 Å². The van der Waals surface area contributed by atoms with Gasteiger partial charge < -0.3 is 4.74 Å². The highest BCUT2D eigenvalue weighted by molar-refractivity contribution is 9.10. The molecule has 2 rings (SSSR count). The average molecular weight is 323 g/mol. The lowest BCUT2D eigenvalue weighted by atomic mass is 10.2. The highest BCUT2D eigenvalue weighted by Crippen LogP contribution is 2.28.